The van der Waals surface area contributed by atoms with Gasteiger partial charge in [0.2, 0.25) is 0 Å². The van der Waals surface area contributed by atoms with E-state index in [0.29, 0.717) is 6.42 Å². The van der Waals surface area contributed by atoms with Crippen molar-refractivity contribution in [2.75, 3.05) is 0 Å². The zero-order valence-electron chi connectivity index (χ0n) is 10.4. The average Bonchev–Trinajstić information content (AvgIpc) is 2.85. The molecule has 3 rings (SSSR count). The van der Waals surface area contributed by atoms with Gasteiger partial charge in [-0.3, -0.25) is 0 Å². The normalized spacial score (nSPS) is 18.7. The minimum Gasteiger partial charge on any atom is -0.487 e. The molecule has 0 saturated heterocycles. The molecule has 1 aliphatic heterocycles. The Morgan fingerprint density at radius 1 is 1.16 bits per heavy atom. The van der Waals surface area contributed by atoms with E-state index in [1.54, 1.807) is 12.1 Å². The molecule has 0 saturated carbocycles. The van der Waals surface area contributed by atoms with Crippen molar-refractivity contribution in [3.8, 4) is 5.75 Å². The second kappa shape index (κ2) is 5.02. The molecule has 0 spiro atoms. The Bertz CT molecular complexity index is 540. The highest BCUT2D eigenvalue weighted by Gasteiger charge is 2.28. The van der Waals surface area contributed by atoms with Gasteiger partial charge in [-0.2, -0.15) is 0 Å². The van der Waals surface area contributed by atoms with Crippen molar-refractivity contribution in [3.63, 3.8) is 0 Å². The van der Waals surface area contributed by atoms with E-state index in [1.807, 2.05) is 24.3 Å². The van der Waals surface area contributed by atoms with Crippen LogP contribution in [0, 0.1) is 5.82 Å². The van der Waals surface area contributed by atoms with Gasteiger partial charge >= 0.3 is 0 Å². The molecular weight excluding hydrogens is 243 g/mol. The van der Waals surface area contributed by atoms with Gasteiger partial charge in [0, 0.05) is 12.8 Å². The maximum Gasteiger partial charge on any atom is 0.129 e. The maximum absolute atomic E-state index is 12.8. The van der Waals surface area contributed by atoms with Gasteiger partial charge in [0.15, 0.2) is 0 Å². The van der Waals surface area contributed by atoms with Crippen LogP contribution < -0.4 is 4.74 Å². The Morgan fingerprint density at radius 3 is 2.63 bits per heavy atom. The predicted octanol–water partition coefficient (Wildman–Crippen LogP) is 2.73. The molecule has 2 atom stereocenters. The summed E-state index contributed by atoms with van der Waals surface area (Å²) in [6, 6.07) is 14.0. The fourth-order valence-corrected chi connectivity index (χ4v) is 2.42. The monoisotopic (exact) mass is 258 g/mol. The van der Waals surface area contributed by atoms with E-state index in [-0.39, 0.29) is 11.9 Å². The Labute approximate surface area is 111 Å². The lowest BCUT2D eigenvalue weighted by Gasteiger charge is -2.18. The summed E-state index contributed by atoms with van der Waals surface area (Å²) < 4.78 is 18.6. The number of ether oxygens (including phenoxy) is 1. The number of fused-ring (bicyclic) bond motifs is 1. The third-order valence-corrected chi connectivity index (χ3v) is 3.46. The van der Waals surface area contributed by atoms with Crippen molar-refractivity contribution in [1.82, 2.24) is 0 Å². The first-order valence-electron chi connectivity index (χ1n) is 6.39. The zero-order chi connectivity index (χ0) is 13.2. The number of para-hydroxylation sites is 1. The lowest BCUT2D eigenvalue weighted by atomic mass is 10.0. The van der Waals surface area contributed by atoms with Gasteiger partial charge in [0.05, 0.1) is 6.10 Å². The summed E-state index contributed by atoms with van der Waals surface area (Å²) in [4.78, 5) is 0. The number of rotatable bonds is 3. The fourth-order valence-electron chi connectivity index (χ4n) is 2.42. The van der Waals surface area contributed by atoms with Crippen LogP contribution in [0.3, 0.4) is 0 Å². The third-order valence-electron chi connectivity index (χ3n) is 3.46. The molecule has 2 aromatic rings. The SMILES string of the molecule is OC(Cc1ccc(F)cc1)C1Cc2ccccc2O1. The molecule has 2 unspecified atom stereocenters. The summed E-state index contributed by atoms with van der Waals surface area (Å²) in [5, 5.41) is 10.2. The van der Waals surface area contributed by atoms with Gasteiger partial charge < -0.3 is 9.84 Å². The van der Waals surface area contributed by atoms with E-state index >= 15 is 0 Å². The van der Waals surface area contributed by atoms with Crippen LogP contribution in [0.15, 0.2) is 48.5 Å². The Morgan fingerprint density at radius 2 is 1.89 bits per heavy atom. The van der Waals surface area contributed by atoms with Crippen LogP contribution in [-0.4, -0.2) is 17.3 Å². The average molecular weight is 258 g/mol. The molecule has 1 heterocycles. The third kappa shape index (κ3) is 2.61. The molecule has 0 aliphatic carbocycles. The second-order valence-corrected chi connectivity index (χ2v) is 4.87. The molecule has 0 amide bonds. The first-order chi connectivity index (χ1) is 9.22. The molecular formula is C16H15FO2. The van der Waals surface area contributed by atoms with Crippen molar-refractivity contribution in [2.24, 2.45) is 0 Å². The smallest absolute Gasteiger partial charge is 0.129 e. The highest BCUT2D eigenvalue weighted by Crippen LogP contribution is 2.30. The van der Waals surface area contributed by atoms with Crippen LogP contribution in [0.5, 0.6) is 5.75 Å². The summed E-state index contributed by atoms with van der Waals surface area (Å²) in [5.74, 6) is 0.591. The number of hydrogen-bond donors (Lipinski definition) is 1. The summed E-state index contributed by atoms with van der Waals surface area (Å²) in [6.45, 7) is 0. The van der Waals surface area contributed by atoms with Crippen molar-refractivity contribution in [1.29, 1.82) is 0 Å². The minimum atomic E-state index is -0.585. The maximum atomic E-state index is 12.8. The van der Waals surface area contributed by atoms with Crippen LogP contribution in [-0.2, 0) is 12.8 Å². The van der Waals surface area contributed by atoms with Crippen LogP contribution in [0.2, 0.25) is 0 Å². The Kier molecular flexibility index (Phi) is 3.22. The number of hydrogen-bond acceptors (Lipinski definition) is 2. The van der Waals surface area contributed by atoms with E-state index in [4.69, 9.17) is 4.74 Å². The largest absolute Gasteiger partial charge is 0.487 e. The molecule has 98 valence electrons. The van der Waals surface area contributed by atoms with Crippen LogP contribution >= 0.6 is 0 Å². The van der Waals surface area contributed by atoms with E-state index in [0.717, 1.165) is 23.3 Å². The number of halogens is 1. The molecule has 0 aromatic heterocycles. The van der Waals surface area contributed by atoms with Crippen molar-refractivity contribution in [2.45, 2.75) is 25.0 Å². The molecule has 2 nitrogen and oxygen atoms in total. The van der Waals surface area contributed by atoms with Crippen LogP contribution in [0.25, 0.3) is 0 Å². The number of aliphatic hydroxyl groups is 1. The van der Waals surface area contributed by atoms with Gasteiger partial charge in [0.1, 0.15) is 17.7 Å². The number of aliphatic hydroxyl groups excluding tert-OH is 1. The van der Waals surface area contributed by atoms with E-state index in [9.17, 15) is 9.50 Å². The number of benzene rings is 2. The molecule has 0 fully saturated rings. The fraction of sp³-hybridized carbons (Fsp3) is 0.250. The van der Waals surface area contributed by atoms with Crippen molar-refractivity contribution < 1.29 is 14.2 Å². The Hall–Kier alpha value is -1.87. The van der Waals surface area contributed by atoms with Gasteiger partial charge in [-0.15, -0.1) is 0 Å². The molecule has 19 heavy (non-hydrogen) atoms. The summed E-state index contributed by atoms with van der Waals surface area (Å²) >= 11 is 0. The summed E-state index contributed by atoms with van der Waals surface area (Å²) in [6.07, 6.45) is 0.387. The van der Waals surface area contributed by atoms with Crippen molar-refractivity contribution >= 4 is 0 Å². The second-order valence-electron chi connectivity index (χ2n) is 4.87. The summed E-state index contributed by atoms with van der Waals surface area (Å²) in [5.41, 5.74) is 2.04. The topological polar surface area (TPSA) is 29.5 Å². The van der Waals surface area contributed by atoms with E-state index in [2.05, 4.69) is 0 Å². The predicted molar refractivity (Wildman–Crippen MR) is 70.7 cm³/mol. The lowest BCUT2D eigenvalue weighted by molar-refractivity contribution is 0.0503. The van der Waals surface area contributed by atoms with Crippen LogP contribution in [0.4, 0.5) is 4.39 Å². The van der Waals surface area contributed by atoms with Gasteiger partial charge in [-0.1, -0.05) is 30.3 Å². The van der Waals surface area contributed by atoms with E-state index < -0.39 is 6.10 Å². The van der Waals surface area contributed by atoms with Gasteiger partial charge in [0.25, 0.3) is 0 Å². The molecule has 0 radical (unpaired) electrons. The standard InChI is InChI=1S/C16H15FO2/c17-13-7-5-11(6-8-13)9-14(18)16-10-12-3-1-2-4-15(12)19-16/h1-8,14,16,18H,9-10H2. The lowest BCUT2D eigenvalue weighted by Crippen LogP contribution is -2.31. The molecule has 2 aromatic carbocycles. The molecule has 1 aliphatic rings. The minimum absolute atomic E-state index is 0.220. The molecule has 3 heteroatoms. The highest BCUT2D eigenvalue weighted by molar-refractivity contribution is 5.37. The van der Waals surface area contributed by atoms with E-state index in [1.165, 1.54) is 12.1 Å². The van der Waals surface area contributed by atoms with Gasteiger partial charge in [-0.05, 0) is 29.3 Å². The summed E-state index contributed by atoms with van der Waals surface area (Å²) in [7, 11) is 0. The molecule has 0 bridgehead atoms. The Balaban J connectivity index is 1.66. The van der Waals surface area contributed by atoms with Crippen molar-refractivity contribution in [3.05, 3.63) is 65.5 Å². The van der Waals surface area contributed by atoms with Crippen LogP contribution in [0.1, 0.15) is 11.1 Å². The first kappa shape index (κ1) is 12.2. The molecule has 1 N–H and O–H groups in total. The zero-order valence-corrected chi connectivity index (χ0v) is 10.4. The van der Waals surface area contributed by atoms with Gasteiger partial charge in [-0.25, -0.2) is 4.39 Å². The quantitative estimate of drug-likeness (QED) is 0.917. The first-order valence-corrected chi connectivity index (χ1v) is 6.39. The highest BCUT2D eigenvalue weighted by atomic mass is 19.1.